The van der Waals surface area contributed by atoms with Crippen LogP contribution in [0.2, 0.25) is 0 Å². The van der Waals surface area contributed by atoms with Crippen molar-refractivity contribution >= 4 is 17.2 Å². The number of thiophene rings is 1. The van der Waals surface area contributed by atoms with Gasteiger partial charge in [0, 0.05) is 38.1 Å². The van der Waals surface area contributed by atoms with Crippen LogP contribution in [-0.2, 0) is 6.54 Å². The highest BCUT2D eigenvalue weighted by atomic mass is 32.1. The molecule has 1 aromatic carbocycles. The number of piperazine rings is 1. The molecule has 1 aliphatic rings. The van der Waals surface area contributed by atoms with Crippen LogP contribution in [0.4, 0.5) is 0 Å². The van der Waals surface area contributed by atoms with E-state index in [9.17, 15) is 4.79 Å². The normalized spacial score (nSPS) is 15.0. The molecule has 1 aliphatic heterocycles. The minimum Gasteiger partial charge on any atom is -0.493 e. The summed E-state index contributed by atoms with van der Waals surface area (Å²) >= 11 is 1.55. The molecule has 1 aromatic heterocycles. The summed E-state index contributed by atoms with van der Waals surface area (Å²) < 4.78 is 16.2. The average Bonchev–Trinajstić information content (AvgIpc) is 3.22. The van der Waals surface area contributed by atoms with E-state index in [4.69, 9.17) is 14.2 Å². The topological polar surface area (TPSA) is 51.2 Å². The molecule has 0 atom stereocenters. The molecule has 26 heavy (non-hydrogen) atoms. The lowest BCUT2D eigenvalue weighted by Crippen LogP contribution is -2.48. The van der Waals surface area contributed by atoms with Crippen LogP contribution in [0.5, 0.6) is 17.2 Å². The molecule has 0 N–H and O–H groups in total. The molecule has 0 radical (unpaired) electrons. The Kier molecular flexibility index (Phi) is 6.00. The third-order valence-corrected chi connectivity index (χ3v) is 5.24. The Morgan fingerprint density at radius 2 is 1.69 bits per heavy atom. The van der Waals surface area contributed by atoms with Crippen molar-refractivity contribution in [3.8, 4) is 17.2 Å². The van der Waals surface area contributed by atoms with E-state index in [1.807, 2.05) is 33.9 Å². The molecule has 0 aliphatic carbocycles. The number of carbonyl (C=O) groups excluding carboxylic acids is 1. The van der Waals surface area contributed by atoms with Crippen LogP contribution in [0.1, 0.15) is 15.9 Å². The van der Waals surface area contributed by atoms with Gasteiger partial charge in [-0.1, -0.05) is 0 Å². The summed E-state index contributed by atoms with van der Waals surface area (Å²) in [6, 6.07) is 5.84. The van der Waals surface area contributed by atoms with Crippen molar-refractivity contribution in [3.63, 3.8) is 0 Å². The third-order valence-electron chi connectivity index (χ3n) is 4.56. The molecular weight excluding hydrogens is 352 g/mol. The van der Waals surface area contributed by atoms with Crippen LogP contribution >= 0.6 is 11.3 Å². The predicted octanol–water partition coefficient (Wildman–Crippen LogP) is 2.73. The van der Waals surface area contributed by atoms with E-state index < -0.39 is 0 Å². The molecule has 6 nitrogen and oxygen atoms in total. The third kappa shape index (κ3) is 3.94. The first-order valence-corrected chi connectivity index (χ1v) is 9.43. The molecule has 1 fully saturated rings. The average molecular weight is 376 g/mol. The first kappa shape index (κ1) is 18.5. The Morgan fingerprint density at radius 1 is 1.04 bits per heavy atom. The van der Waals surface area contributed by atoms with Crippen molar-refractivity contribution in [1.82, 2.24) is 9.80 Å². The lowest BCUT2D eigenvalue weighted by atomic mass is 10.1. The van der Waals surface area contributed by atoms with E-state index in [2.05, 4.69) is 4.90 Å². The second-order valence-corrected chi connectivity index (χ2v) is 6.89. The van der Waals surface area contributed by atoms with Crippen molar-refractivity contribution in [1.29, 1.82) is 0 Å². The van der Waals surface area contributed by atoms with Crippen LogP contribution in [0.25, 0.3) is 0 Å². The van der Waals surface area contributed by atoms with Crippen LogP contribution in [0, 0.1) is 0 Å². The Bertz CT molecular complexity index is 715. The van der Waals surface area contributed by atoms with Crippen LogP contribution < -0.4 is 14.2 Å². The van der Waals surface area contributed by atoms with Crippen molar-refractivity contribution in [2.75, 3.05) is 47.5 Å². The SMILES string of the molecule is COc1cc(CN2CCN(C(=O)c3ccsc3)CC2)cc(OC)c1OC. The number of amides is 1. The number of hydrogen-bond acceptors (Lipinski definition) is 6. The summed E-state index contributed by atoms with van der Waals surface area (Å²) in [6.45, 7) is 3.93. The van der Waals surface area contributed by atoms with Gasteiger partial charge in [0.25, 0.3) is 5.91 Å². The van der Waals surface area contributed by atoms with Gasteiger partial charge in [-0.15, -0.1) is 0 Å². The molecule has 140 valence electrons. The summed E-state index contributed by atoms with van der Waals surface area (Å²) in [7, 11) is 4.84. The number of nitrogens with zero attached hydrogens (tertiary/aromatic N) is 2. The number of methoxy groups -OCH3 is 3. The highest BCUT2D eigenvalue weighted by Crippen LogP contribution is 2.38. The number of carbonyl (C=O) groups is 1. The highest BCUT2D eigenvalue weighted by Gasteiger charge is 2.23. The van der Waals surface area contributed by atoms with Crippen molar-refractivity contribution in [2.24, 2.45) is 0 Å². The smallest absolute Gasteiger partial charge is 0.254 e. The number of benzene rings is 1. The zero-order chi connectivity index (χ0) is 18.5. The fourth-order valence-corrected chi connectivity index (χ4v) is 3.79. The van der Waals surface area contributed by atoms with E-state index in [-0.39, 0.29) is 5.91 Å². The molecule has 0 spiro atoms. The molecule has 1 saturated heterocycles. The summed E-state index contributed by atoms with van der Waals surface area (Å²) in [5, 5.41) is 3.85. The van der Waals surface area contributed by atoms with Gasteiger partial charge in [-0.05, 0) is 29.1 Å². The van der Waals surface area contributed by atoms with Gasteiger partial charge in [0.15, 0.2) is 11.5 Å². The van der Waals surface area contributed by atoms with E-state index in [1.54, 1.807) is 32.7 Å². The second kappa shape index (κ2) is 8.42. The number of rotatable bonds is 6. The summed E-state index contributed by atoms with van der Waals surface area (Å²) in [5.74, 6) is 2.05. The predicted molar refractivity (Wildman–Crippen MR) is 102 cm³/mol. The minimum atomic E-state index is 0.124. The van der Waals surface area contributed by atoms with E-state index in [0.29, 0.717) is 17.2 Å². The van der Waals surface area contributed by atoms with E-state index in [0.717, 1.165) is 43.9 Å². The van der Waals surface area contributed by atoms with E-state index >= 15 is 0 Å². The van der Waals surface area contributed by atoms with Gasteiger partial charge in [-0.2, -0.15) is 11.3 Å². The Hall–Kier alpha value is -2.25. The first-order valence-electron chi connectivity index (χ1n) is 8.49. The largest absolute Gasteiger partial charge is 0.493 e. The fourth-order valence-electron chi connectivity index (χ4n) is 3.16. The first-order chi connectivity index (χ1) is 12.7. The number of hydrogen-bond donors (Lipinski definition) is 0. The summed E-state index contributed by atoms with van der Waals surface area (Å²) in [4.78, 5) is 16.7. The molecule has 2 heterocycles. The van der Waals surface area contributed by atoms with Crippen LogP contribution in [0.15, 0.2) is 29.0 Å². The molecule has 3 rings (SSSR count). The second-order valence-electron chi connectivity index (χ2n) is 6.11. The Morgan fingerprint density at radius 3 is 2.19 bits per heavy atom. The maximum Gasteiger partial charge on any atom is 0.254 e. The van der Waals surface area contributed by atoms with Crippen molar-refractivity contribution in [3.05, 3.63) is 40.1 Å². The maximum atomic E-state index is 12.4. The standard InChI is InChI=1S/C19H24N2O4S/c1-23-16-10-14(11-17(24-2)18(16)25-3)12-20-5-7-21(8-6-20)19(22)15-4-9-26-13-15/h4,9-11,13H,5-8,12H2,1-3H3. The van der Waals surface area contributed by atoms with Crippen LogP contribution in [-0.4, -0.2) is 63.2 Å². The molecule has 7 heteroatoms. The molecule has 0 saturated carbocycles. The van der Waals surface area contributed by atoms with Gasteiger partial charge in [0.05, 0.1) is 26.9 Å². The molecule has 1 amide bonds. The number of ether oxygens (including phenoxy) is 3. The summed E-state index contributed by atoms with van der Waals surface area (Å²) in [5.41, 5.74) is 1.88. The molecular formula is C19H24N2O4S. The highest BCUT2D eigenvalue weighted by molar-refractivity contribution is 7.08. The molecule has 0 bridgehead atoms. The minimum absolute atomic E-state index is 0.124. The van der Waals surface area contributed by atoms with E-state index in [1.165, 1.54) is 0 Å². The lowest BCUT2D eigenvalue weighted by molar-refractivity contribution is 0.0629. The van der Waals surface area contributed by atoms with Gasteiger partial charge >= 0.3 is 0 Å². The monoisotopic (exact) mass is 376 g/mol. The lowest BCUT2D eigenvalue weighted by Gasteiger charge is -2.34. The fraction of sp³-hybridized carbons (Fsp3) is 0.421. The zero-order valence-electron chi connectivity index (χ0n) is 15.4. The van der Waals surface area contributed by atoms with Gasteiger partial charge in [-0.25, -0.2) is 0 Å². The zero-order valence-corrected chi connectivity index (χ0v) is 16.2. The maximum absolute atomic E-state index is 12.4. The molecule has 0 unspecified atom stereocenters. The van der Waals surface area contributed by atoms with Crippen molar-refractivity contribution in [2.45, 2.75) is 6.54 Å². The van der Waals surface area contributed by atoms with Gasteiger partial charge < -0.3 is 19.1 Å². The van der Waals surface area contributed by atoms with Crippen molar-refractivity contribution < 1.29 is 19.0 Å². The molecule has 2 aromatic rings. The van der Waals surface area contributed by atoms with Gasteiger partial charge in [-0.3, -0.25) is 9.69 Å². The Balaban J connectivity index is 1.63. The Labute approximate surface area is 157 Å². The summed E-state index contributed by atoms with van der Waals surface area (Å²) in [6.07, 6.45) is 0. The van der Waals surface area contributed by atoms with Gasteiger partial charge in [0.2, 0.25) is 5.75 Å². The quantitative estimate of drug-likeness (QED) is 0.776. The van der Waals surface area contributed by atoms with Crippen LogP contribution in [0.3, 0.4) is 0 Å². The van der Waals surface area contributed by atoms with Gasteiger partial charge in [0.1, 0.15) is 0 Å².